The smallest absolute Gasteiger partial charge is 0.0395 e. The fourth-order valence-corrected chi connectivity index (χ4v) is 3.26. The largest absolute Gasteiger partial charge is 0.0839 e. The lowest BCUT2D eigenvalue weighted by atomic mass is 9.85. The molecule has 1 aliphatic rings. The van der Waals surface area contributed by atoms with Crippen LogP contribution in [0, 0.1) is 5.92 Å². The average molecular weight is 281 g/mol. The molecule has 1 aromatic carbocycles. The molecular formula is C15H21Br. The van der Waals surface area contributed by atoms with Crippen LogP contribution in [-0.4, -0.2) is 0 Å². The van der Waals surface area contributed by atoms with Crippen LogP contribution in [0.15, 0.2) is 30.3 Å². The van der Waals surface area contributed by atoms with E-state index in [1.165, 1.54) is 50.5 Å². The van der Waals surface area contributed by atoms with Gasteiger partial charge in [-0.05, 0) is 24.3 Å². The molecule has 0 bridgehead atoms. The van der Waals surface area contributed by atoms with Crippen LogP contribution in [0.5, 0.6) is 0 Å². The van der Waals surface area contributed by atoms with E-state index in [2.05, 4.69) is 46.3 Å². The van der Waals surface area contributed by atoms with Gasteiger partial charge >= 0.3 is 0 Å². The third-order valence-electron chi connectivity index (χ3n) is 3.71. The summed E-state index contributed by atoms with van der Waals surface area (Å²) in [6.45, 7) is 0. The molecule has 0 saturated heterocycles. The topological polar surface area (TPSA) is 0 Å². The van der Waals surface area contributed by atoms with Gasteiger partial charge in [-0.2, -0.15) is 0 Å². The highest BCUT2D eigenvalue weighted by molar-refractivity contribution is 9.09. The van der Waals surface area contributed by atoms with Crippen LogP contribution < -0.4 is 0 Å². The summed E-state index contributed by atoms with van der Waals surface area (Å²) in [4.78, 5) is 0.552. The Morgan fingerprint density at radius 2 is 1.75 bits per heavy atom. The summed E-state index contributed by atoms with van der Waals surface area (Å²) in [6, 6.07) is 10.8. The SMILES string of the molecule is BrC(CCC1CCCCC1)c1ccccc1. The van der Waals surface area contributed by atoms with Crippen LogP contribution in [0.2, 0.25) is 0 Å². The zero-order valence-electron chi connectivity index (χ0n) is 9.87. The highest BCUT2D eigenvalue weighted by Gasteiger charge is 2.15. The monoisotopic (exact) mass is 280 g/mol. The van der Waals surface area contributed by atoms with Crippen LogP contribution in [0.1, 0.15) is 55.3 Å². The van der Waals surface area contributed by atoms with Crippen LogP contribution in [0.25, 0.3) is 0 Å². The second-order valence-electron chi connectivity index (χ2n) is 4.96. The number of halogens is 1. The predicted octanol–water partition coefficient (Wildman–Crippen LogP) is 5.48. The van der Waals surface area contributed by atoms with E-state index in [1.807, 2.05) is 0 Å². The maximum Gasteiger partial charge on any atom is 0.0395 e. The van der Waals surface area contributed by atoms with Crippen molar-refractivity contribution in [3.05, 3.63) is 35.9 Å². The molecule has 1 heteroatoms. The predicted molar refractivity (Wildman–Crippen MR) is 73.9 cm³/mol. The van der Waals surface area contributed by atoms with E-state index >= 15 is 0 Å². The first-order chi connectivity index (χ1) is 7.86. The highest BCUT2D eigenvalue weighted by atomic mass is 79.9. The maximum atomic E-state index is 3.81. The molecule has 0 heterocycles. The van der Waals surface area contributed by atoms with E-state index in [0.29, 0.717) is 4.83 Å². The van der Waals surface area contributed by atoms with Gasteiger partial charge in [0.1, 0.15) is 0 Å². The van der Waals surface area contributed by atoms with Crippen LogP contribution in [0.3, 0.4) is 0 Å². The number of rotatable bonds is 4. The molecule has 16 heavy (non-hydrogen) atoms. The quantitative estimate of drug-likeness (QED) is 0.641. The minimum Gasteiger partial charge on any atom is -0.0839 e. The summed E-state index contributed by atoms with van der Waals surface area (Å²) in [6.07, 6.45) is 10.0. The Morgan fingerprint density at radius 3 is 2.44 bits per heavy atom. The van der Waals surface area contributed by atoms with Gasteiger partial charge in [-0.25, -0.2) is 0 Å². The average Bonchev–Trinajstić information content (AvgIpc) is 2.38. The van der Waals surface area contributed by atoms with Crippen molar-refractivity contribution in [1.82, 2.24) is 0 Å². The van der Waals surface area contributed by atoms with Crippen molar-refractivity contribution in [3.8, 4) is 0 Å². The molecule has 0 aromatic heterocycles. The molecule has 1 aliphatic carbocycles. The molecular weight excluding hydrogens is 260 g/mol. The summed E-state index contributed by atoms with van der Waals surface area (Å²) in [5.74, 6) is 0.998. The number of hydrogen-bond acceptors (Lipinski definition) is 0. The molecule has 1 unspecified atom stereocenters. The Labute approximate surface area is 108 Å². The van der Waals surface area contributed by atoms with E-state index in [1.54, 1.807) is 0 Å². The molecule has 2 rings (SSSR count). The fraction of sp³-hybridized carbons (Fsp3) is 0.600. The molecule has 0 amide bonds. The Balaban J connectivity index is 1.77. The second-order valence-corrected chi connectivity index (χ2v) is 6.06. The first-order valence-electron chi connectivity index (χ1n) is 6.55. The van der Waals surface area contributed by atoms with Crippen LogP contribution in [-0.2, 0) is 0 Å². The molecule has 1 fully saturated rings. The third-order valence-corrected chi connectivity index (χ3v) is 4.70. The Kier molecular flexibility index (Phi) is 4.90. The standard InChI is InChI=1S/C15H21Br/c16-15(14-9-5-2-6-10-14)12-11-13-7-3-1-4-8-13/h2,5-6,9-10,13,15H,1,3-4,7-8,11-12H2. The molecule has 0 aliphatic heterocycles. The van der Waals surface area contributed by atoms with Crippen LogP contribution in [0.4, 0.5) is 0 Å². The summed E-state index contributed by atoms with van der Waals surface area (Å²) in [5, 5.41) is 0. The van der Waals surface area contributed by atoms with Crippen molar-refractivity contribution >= 4 is 15.9 Å². The van der Waals surface area contributed by atoms with Crippen LogP contribution >= 0.6 is 15.9 Å². The Hall–Kier alpha value is -0.300. The molecule has 1 saturated carbocycles. The molecule has 0 radical (unpaired) electrons. The molecule has 0 nitrogen and oxygen atoms in total. The molecule has 1 aromatic rings. The minimum absolute atomic E-state index is 0.552. The lowest BCUT2D eigenvalue weighted by molar-refractivity contribution is 0.332. The van der Waals surface area contributed by atoms with E-state index in [4.69, 9.17) is 0 Å². The lowest BCUT2D eigenvalue weighted by Gasteiger charge is -2.22. The summed E-state index contributed by atoms with van der Waals surface area (Å²) < 4.78 is 0. The van der Waals surface area contributed by atoms with Crippen molar-refractivity contribution in [1.29, 1.82) is 0 Å². The Bertz CT molecular complexity index is 288. The summed E-state index contributed by atoms with van der Waals surface area (Å²) >= 11 is 3.81. The van der Waals surface area contributed by atoms with Crippen molar-refractivity contribution in [2.45, 2.75) is 49.8 Å². The molecule has 88 valence electrons. The van der Waals surface area contributed by atoms with E-state index in [9.17, 15) is 0 Å². The number of hydrogen-bond donors (Lipinski definition) is 0. The number of alkyl halides is 1. The van der Waals surface area contributed by atoms with Crippen molar-refractivity contribution in [3.63, 3.8) is 0 Å². The third kappa shape index (κ3) is 3.62. The van der Waals surface area contributed by atoms with Gasteiger partial charge in [-0.3, -0.25) is 0 Å². The Morgan fingerprint density at radius 1 is 1.06 bits per heavy atom. The van der Waals surface area contributed by atoms with Gasteiger partial charge in [0.2, 0.25) is 0 Å². The number of benzene rings is 1. The van der Waals surface area contributed by atoms with Gasteiger partial charge in [-0.15, -0.1) is 0 Å². The van der Waals surface area contributed by atoms with Gasteiger partial charge in [0.15, 0.2) is 0 Å². The zero-order valence-corrected chi connectivity index (χ0v) is 11.5. The van der Waals surface area contributed by atoms with Gasteiger partial charge in [-0.1, -0.05) is 78.4 Å². The summed E-state index contributed by atoms with van der Waals surface area (Å²) in [5.41, 5.74) is 1.43. The maximum absolute atomic E-state index is 3.81. The van der Waals surface area contributed by atoms with Gasteiger partial charge < -0.3 is 0 Å². The second kappa shape index (κ2) is 6.44. The lowest BCUT2D eigenvalue weighted by Crippen LogP contribution is -2.06. The normalized spacial score (nSPS) is 19.6. The zero-order chi connectivity index (χ0) is 11.2. The van der Waals surface area contributed by atoms with E-state index < -0.39 is 0 Å². The molecule has 0 spiro atoms. The van der Waals surface area contributed by atoms with Crippen molar-refractivity contribution in [2.24, 2.45) is 5.92 Å². The van der Waals surface area contributed by atoms with E-state index in [-0.39, 0.29) is 0 Å². The fourth-order valence-electron chi connectivity index (χ4n) is 2.69. The summed E-state index contributed by atoms with van der Waals surface area (Å²) in [7, 11) is 0. The minimum atomic E-state index is 0.552. The highest BCUT2D eigenvalue weighted by Crippen LogP contribution is 2.33. The van der Waals surface area contributed by atoms with Gasteiger partial charge in [0.25, 0.3) is 0 Å². The molecule has 1 atom stereocenters. The first-order valence-corrected chi connectivity index (χ1v) is 7.47. The molecule has 0 N–H and O–H groups in total. The van der Waals surface area contributed by atoms with Crippen molar-refractivity contribution in [2.75, 3.05) is 0 Å². The van der Waals surface area contributed by atoms with Gasteiger partial charge in [0, 0.05) is 4.83 Å². The van der Waals surface area contributed by atoms with E-state index in [0.717, 1.165) is 5.92 Å². The van der Waals surface area contributed by atoms with Crippen molar-refractivity contribution < 1.29 is 0 Å². The first kappa shape index (κ1) is 12.2. The van der Waals surface area contributed by atoms with Gasteiger partial charge in [0.05, 0.1) is 0 Å².